The van der Waals surface area contributed by atoms with Crippen molar-refractivity contribution in [2.75, 3.05) is 11.1 Å². The highest BCUT2D eigenvalue weighted by Crippen LogP contribution is 2.29. The fourth-order valence-corrected chi connectivity index (χ4v) is 4.10. The number of amides is 1. The lowest BCUT2D eigenvalue weighted by Crippen LogP contribution is -2.35. The number of nitrogens with one attached hydrogen (secondary N) is 2. The largest absolute Gasteiger partial charge is 0.436 e. The monoisotopic (exact) mass is 501 g/mol. The molecule has 1 aromatic heterocycles. The third-order valence-electron chi connectivity index (χ3n) is 4.50. The van der Waals surface area contributed by atoms with Crippen LogP contribution in [0.3, 0.4) is 0 Å². The molecule has 9 heteroatoms. The van der Waals surface area contributed by atoms with Gasteiger partial charge in [0.25, 0.3) is 0 Å². The number of anilines is 1. The molecule has 0 fully saturated rings. The van der Waals surface area contributed by atoms with E-state index in [1.54, 1.807) is 30.3 Å². The number of aryl methyl sites for hydroxylation is 1. The summed E-state index contributed by atoms with van der Waals surface area (Å²) in [5.74, 6) is 0.506. The van der Waals surface area contributed by atoms with Gasteiger partial charge in [0.05, 0.1) is 5.75 Å². The van der Waals surface area contributed by atoms with Gasteiger partial charge < -0.3 is 15.1 Å². The number of benzene rings is 3. The summed E-state index contributed by atoms with van der Waals surface area (Å²) in [6.45, 7) is 1.94. The second-order valence-electron chi connectivity index (χ2n) is 6.91. The molecule has 1 amide bonds. The summed E-state index contributed by atoms with van der Waals surface area (Å²) in [6, 6.07) is 18.4. The highest BCUT2D eigenvalue weighted by molar-refractivity contribution is 8.00. The number of oxazole rings is 1. The molecule has 0 radical (unpaired) electrons. The molecule has 3 aromatic carbocycles. The highest BCUT2D eigenvalue weighted by atomic mass is 35.5. The topological polar surface area (TPSA) is 67.2 Å². The second-order valence-corrected chi connectivity index (χ2v) is 9.21. The van der Waals surface area contributed by atoms with Crippen molar-refractivity contribution in [3.63, 3.8) is 0 Å². The minimum atomic E-state index is -0.205. The van der Waals surface area contributed by atoms with E-state index in [2.05, 4.69) is 15.6 Å². The molecule has 5 nitrogen and oxygen atoms in total. The van der Waals surface area contributed by atoms with Crippen molar-refractivity contribution >= 4 is 75.0 Å². The van der Waals surface area contributed by atoms with E-state index < -0.39 is 0 Å². The highest BCUT2D eigenvalue weighted by Gasteiger charge is 2.11. The Labute approximate surface area is 204 Å². The average Bonchev–Trinajstić information content (AvgIpc) is 3.18. The van der Waals surface area contributed by atoms with Crippen LogP contribution in [0.25, 0.3) is 22.6 Å². The van der Waals surface area contributed by atoms with Crippen molar-refractivity contribution in [3.8, 4) is 11.5 Å². The van der Waals surface area contributed by atoms with Crippen molar-refractivity contribution in [3.05, 3.63) is 76.3 Å². The van der Waals surface area contributed by atoms with Crippen LogP contribution in [-0.4, -0.2) is 21.8 Å². The van der Waals surface area contributed by atoms with Gasteiger partial charge in [0.15, 0.2) is 10.7 Å². The summed E-state index contributed by atoms with van der Waals surface area (Å²) in [6.07, 6.45) is 0. The fraction of sp³-hybridized carbons (Fsp3) is 0.0870. The lowest BCUT2D eigenvalue weighted by Gasteiger charge is -2.09. The van der Waals surface area contributed by atoms with Crippen LogP contribution in [0.5, 0.6) is 0 Å². The Balaban J connectivity index is 1.37. The van der Waals surface area contributed by atoms with Gasteiger partial charge in [-0.1, -0.05) is 29.3 Å². The van der Waals surface area contributed by atoms with Gasteiger partial charge >= 0.3 is 0 Å². The van der Waals surface area contributed by atoms with Crippen LogP contribution in [-0.2, 0) is 4.79 Å². The maximum Gasteiger partial charge on any atom is 0.236 e. The Kier molecular flexibility index (Phi) is 7.01. The lowest BCUT2D eigenvalue weighted by molar-refractivity contribution is -0.117. The van der Waals surface area contributed by atoms with Crippen molar-refractivity contribution in [1.82, 2.24) is 10.3 Å². The number of hydrogen-bond acceptors (Lipinski definition) is 5. The minimum absolute atomic E-state index is 0.205. The summed E-state index contributed by atoms with van der Waals surface area (Å²) in [5.41, 5.74) is 3.77. The zero-order valence-corrected chi connectivity index (χ0v) is 20.0. The summed E-state index contributed by atoms with van der Waals surface area (Å²) in [5, 5.41) is 7.20. The molecule has 0 spiro atoms. The molecule has 0 unspecified atom stereocenters. The summed E-state index contributed by atoms with van der Waals surface area (Å²) in [7, 11) is 0. The third kappa shape index (κ3) is 5.61. The van der Waals surface area contributed by atoms with E-state index in [0.29, 0.717) is 32.7 Å². The number of nitrogens with zero attached hydrogens (tertiary/aromatic N) is 1. The summed E-state index contributed by atoms with van der Waals surface area (Å²) >= 11 is 18.7. The standard InChI is InChI=1S/C23H17Cl2N3O2S2/c1-13-2-3-14(10-18(13)25)22-27-19-11-16(6-9-20(19)30-22)26-23(31)28-21(29)12-32-17-7-4-15(24)5-8-17/h2-11H,12H2,1H3,(H2,26,28,29,31). The fourth-order valence-electron chi connectivity index (χ4n) is 2.86. The molecule has 4 rings (SSSR count). The van der Waals surface area contributed by atoms with E-state index in [9.17, 15) is 4.79 Å². The van der Waals surface area contributed by atoms with Crippen LogP contribution >= 0.6 is 47.2 Å². The molecule has 0 aliphatic carbocycles. The van der Waals surface area contributed by atoms with Gasteiger partial charge in [-0.2, -0.15) is 0 Å². The first-order chi connectivity index (χ1) is 15.4. The number of thioether (sulfide) groups is 1. The first-order valence-electron chi connectivity index (χ1n) is 9.54. The summed E-state index contributed by atoms with van der Waals surface area (Å²) < 4.78 is 5.84. The van der Waals surface area contributed by atoms with Gasteiger partial charge in [-0.05, 0) is 79.3 Å². The van der Waals surface area contributed by atoms with Crippen molar-refractivity contribution in [1.29, 1.82) is 0 Å². The molecule has 162 valence electrons. The Hall–Kier alpha value is -2.58. The van der Waals surface area contributed by atoms with E-state index in [0.717, 1.165) is 16.0 Å². The molecular weight excluding hydrogens is 485 g/mol. The van der Waals surface area contributed by atoms with E-state index in [4.69, 9.17) is 39.8 Å². The Morgan fingerprint density at radius 3 is 2.62 bits per heavy atom. The van der Waals surface area contributed by atoms with Crippen LogP contribution in [0.1, 0.15) is 5.56 Å². The predicted octanol–water partition coefficient (Wildman–Crippen LogP) is 6.72. The molecule has 32 heavy (non-hydrogen) atoms. The van der Waals surface area contributed by atoms with Gasteiger partial charge in [-0.15, -0.1) is 11.8 Å². The van der Waals surface area contributed by atoms with Gasteiger partial charge in [-0.3, -0.25) is 4.79 Å². The predicted molar refractivity (Wildman–Crippen MR) is 136 cm³/mol. The Morgan fingerprint density at radius 2 is 1.88 bits per heavy atom. The lowest BCUT2D eigenvalue weighted by atomic mass is 10.1. The maximum atomic E-state index is 12.2. The van der Waals surface area contributed by atoms with Crippen LogP contribution < -0.4 is 10.6 Å². The molecule has 0 atom stereocenters. The van der Waals surface area contributed by atoms with Gasteiger partial charge in [-0.25, -0.2) is 4.98 Å². The van der Waals surface area contributed by atoms with E-state index in [1.165, 1.54) is 11.8 Å². The van der Waals surface area contributed by atoms with Gasteiger partial charge in [0.1, 0.15) is 5.52 Å². The molecule has 0 aliphatic heterocycles. The number of fused-ring (bicyclic) bond motifs is 1. The Morgan fingerprint density at radius 1 is 1.09 bits per heavy atom. The number of halogens is 2. The quantitative estimate of drug-likeness (QED) is 0.233. The van der Waals surface area contributed by atoms with E-state index in [1.807, 2.05) is 37.3 Å². The number of thiocarbonyl (C=S) groups is 1. The van der Waals surface area contributed by atoms with Crippen molar-refractivity contribution in [2.45, 2.75) is 11.8 Å². The first kappa shape index (κ1) is 22.6. The first-order valence-corrected chi connectivity index (χ1v) is 11.7. The minimum Gasteiger partial charge on any atom is -0.436 e. The number of hydrogen-bond donors (Lipinski definition) is 2. The average molecular weight is 502 g/mol. The zero-order valence-electron chi connectivity index (χ0n) is 16.8. The molecule has 0 saturated heterocycles. The zero-order chi connectivity index (χ0) is 22.7. The number of aromatic nitrogens is 1. The molecule has 0 aliphatic rings. The molecule has 0 bridgehead atoms. The van der Waals surface area contributed by atoms with Crippen LogP contribution in [0, 0.1) is 6.92 Å². The number of rotatable bonds is 5. The maximum absolute atomic E-state index is 12.2. The summed E-state index contributed by atoms with van der Waals surface area (Å²) in [4.78, 5) is 17.7. The molecule has 1 heterocycles. The van der Waals surface area contributed by atoms with Gasteiger partial charge in [0, 0.05) is 26.2 Å². The Bertz CT molecular complexity index is 1310. The van der Waals surface area contributed by atoms with Gasteiger partial charge in [0.2, 0.25) is 11.8 Å². The van der Waals surface area contributed by atoms with Crippen LogP contribution in [0.4, 0.5) is 5.69 Å². The number of carbonyl (C=O) groups excluding carboxylic acids is 1. The number of carbonyl (C=O) groups is 1. The van der Waals surface area contributed by atoms with E-state index in [-0.39, 0.29) is 16.8 Å². The van der Waals surface area contributed by atoms with Crippen molar-refractivity contribution < 1.29 is 9.21 Å². The normalized spacial score (nSPS) is 10.8. The van der Waals surface area contributed by atoms with Crippen LogP contribution in [0.15, 0.2) is 70.0 Å². The molecule has 2 N–H and O–H groups in total. The van der Waals surface area contributed by atoms with Crippen LogP contribution in [0.2, 0.25) is 10.0 Å². The van der Waals surface area contributed by atoms with Crippen molar-refractivity contribution in [2.24, 2.45) is 0 Å². The molecule has 0 saturated carbocycles. The van der Waals surface area contributed by atoms with E-state index >= 15 is 0 Å². The smallest absolute Gasteiger partial charge is 0.236 e. The SMILES string of the molecule is Cc1ccc(-c2nc3cc(NC(=S)NC(=O)CSc4ccc(Cl)cc4)ccc3o2)cc1Cl. The molecule has 4 aromatic rings. The second kappa shape index (κ2) is 9.92. The molecular formula is C23H17Cl2N3O2S2. The third-order valence-corrected chi connectivity index (χ3v) is 6.38.